The lowest BCUT2D eigenvalue weighted by atomic mass is 10.1. The van der Waals surface area contributed by atoms with Gasteiger partial charge in [-0.1, -0.05) is 31.0 Å². The molecule has 26 heavy (non-hydrogen) atoms. The highest BCUT2D eigenvalue weighted by Crippen LogP contribution is 2.25. The Morgan fingerprint density at radius 1 is 1.19 bits per heavy atom. The Hall–Kier alpha value is -1.85. The van der Waals surface area contributed by atoms with Crippen molar-refractivity contribution in [3.63, 3.8) is 0 Å². The van der Waals surface area contributed by atoms with Crippen LogP contribution in [0.25, 0.3) is 0 Å². The smallest absolute Gasteiger partial charge is 0.258 e. The summed E-state index contributed by atoms with van der Waals surface area (Å²) in [4.78, 5) is 14.8. The van der Waals surface area contributed by atoms with E-state index < -0.39 is 0 Å². The second kappa shape index (κ2) is 9.74. The summed E-state index contributed by atoms with van der Waals surface area (Å²) in [6.45, 7) is 4.89. The molecule has 0 radical (unpaired) electrons. The zero-order valence-corrected chi connectivity index (χ0v) is 16.3. The van der Waals surface area contributed by atoms with Gasteiger partial charge in [0.25, 0.3) is 5.91 Å². The highest BCUT2D eigenvalue weighted by Gasteiger charge is 2.22. The Kier molecular flexibility index (Phi) is 7.09. The zero-order chi connectivity index (χ0) is 18.2. The Labute approximate surface area is 160 Å². The van der Waals surface area contributed by atoms with Crippen LogP contribution < -0.4 is 10.1 Å². The van der Waals surface area contributed by atoms with Gasteiger partial charge in [-0.2, -0.15) is 11.3 Å². The second-order valence-corrected chi connectivity index (χ2v) is 7.66. The van der Waals surface area contributed by atoms with E-state index in [0.717, 1.165) is 24.4 Å². The monoisotopic (exact) mass is 372 g/mol. The molecule has 2 aromatic rings. The first-order chi connectivity index (χ1) is 12.7. The topological polar surface area (TPSA) is 41.6 Å². The number of benzene rings is 1. The molecule has 1 N–H and O–H groups in total. The van der Waals surface area contributed by atoms with Gasteiger partial charge in [-0.25, -0.2) is 0 Å². The number of hydrogen-bond donors (Lipinski definition) is 1. The van der Waals surface area contributed by atoms with Crippen LogP contribution in [-0.4, -0.2) is 37.0 Å². The van der Waals surface area contributed by atoms with Gasteiger partial charge in [0.05, 0.1) is 6.04 Å². The molecule has 1 unspecified atom stereocenters. The van der Waals surface area contributed by atoms with Crippen molar-refractivity contribution in [3.05, 3.63) is 52.2 Å². The van der Waals surface area contributed by atoms with Gasteiger partial charge in [-0.3, -0.25) is 9.69 Å². The highest BCUT2D eigenvalue weighted by molar-refractivity contribution is 7.07. The lowest BCUT2D eigenvalue weighted by molar-refractivity contribution is -0.123. The first-order valence-electron chi connectivity index (χ1n) is 9.45. The van der Waals surface area contributed by atoms with E-state index in [0.29, 0.717) is 6.54 Å². The third-order valence-electron chi connectivity index (χ3n) is 4.95. The molecule has 3 rings (SSSR count). The molecule has 1 aliphatic heterocycles. The van der Waals surface area contributed by atoms with Crippen molar-refractivity contribution >= 4 is 17.2 Å². The normalized spacial score (nSPS) is 16.7. The van der Waals surface area contributed by atoms with Crippen LogP contribution in [0.4, 0.5) is 0 Å². The average Bonchev–Trinajstić information content (AvgIpc) is 3.04. The summed E-state index contributed by atoms with van der Waals surface area (Å²) in [5.41, 5.74) is 2.35. The maximum atomic E-state index is 12.3. The van der Waals surface area contributed by atoms with Crippen LogP contribution in [0.5, 0.6) is 5.75 Å². The van der Waals surface area contributed by atoms with Crippen LogP contribution in [0, 0.1) is 6.92 Å². The van der Waals surface area contributed by atoms with Crippen molar-refractivity contribution in [2.24, 2.45) is 0 Å². The number of nitrogens with zero attached hydrogens (tertiary/aromatic N) is 1. The number of rotatable bonds is 7. The first-order valence-corrected chi connectivity index (χ1v) is 10.4. The number of thiophene rings is 1. The van der Waals surface area contributed by atoms with Crippen LogP contribution in [0.3, 0.4) is 0 Å². The molecule has 1 amide bonds. The number of aryl methyl sites for hydroxylation is 1. The standard InChI is InChI=1S/C21H28N2O2S/c1-17-8-4-5-9-20(17)25-15-21(24)22-14-19(18-10-13-26-16-18)23-11-6-2-3-7-12-23/h4-5,8-10,13,16,19H,2-3,6-7,11-12,14-15H2,1H3,(H,22,24). The van der Waals surface area contributed by atoms with Gasteiger partial charge >= 0.3 is 0 Å². The molecule has 4 nitrogen and oxygen atoms in total. The van der Waals surface area contributed by atoms with E-state index in [1.54, 1.807) is 11.3 Å². The molecule has 0 saturated carbocycles. The van der Waals surface area contributed by atoms with Crippen molar-refractivity contribution < 1.29 is 9.53 Å². The van der Waals surface area contributed by atoms with Crippen molar-refractivity contribution in [1.29, 1.82) is 0 Å². The van der Waals surface area contributed by atoms with E-state index >= 15 is 0 Å². The Balaban J connectivity index is 1.55. The molecule has 0 aliphatic carbocycles. The molecule has 1 saturated heterocycles. The van der Waals surface area contributed by atoms with Gasteiger partial charge in [0.1, 0.15) is 5.75 Å². The first kappa shape index (κ1) is 18.9. The molecule has 2 heterocycles. The molecule has 0 bridgehead atoms. The number of carbonyl (C=O) groups excluding carboxylic acids is 1. The molecule has 1 aromatic carbocycles. The van der Waals surface area contributed by atoms with E-state index in [-0.39, 0.29) is 18.6 Å². The van der Waals surface area contributed by atoms with Crippen LogP contribution in [0.2, 0.25) is 0 Å². The minimum atomic E-state index is -0.0664. The average molecular weight is 373 g/mol. The fourth-order valence-corrected chi connectivity index (χ4v) is 4.16. The minimum Gasteiger partial charge on any atom is -0.484 e. The number of nitrogens with one attached hydrogen (secondary N) is 1. The van der Waals surface area contributed by atoms with E-state index in [4.69, 9.17) is 4.74 Å². The summed E-state index contributed by atoms with van der Waals surface area (Å²) in [7, 11) is 0. The Morgan fingerprint density at radius 3 is 2.65 bits per heavy atom. The fraction of sp³-hybridized carbons (Fsp3) is 0.476. The van der Waals surface area contributed by atoms with Crippen LogP contribution >= 0.6 is 11.3 Å². The molecule has 5 heteroatoms. The fourth-order valence-electron chi connectivity index (χ4n) is 3.45. The number of likely N-dealkylation sites (tertiary alicyclic amines) is 1. The maximum Gasteiger partial charge on any atom is 0.258 e. The third kappa shape index (κ3) is 5.32. The Morgan fingerprint density at radius 2 is 1.96 bits per heavy atom. The summed E-state index contributed by atoms with van der Waals surface area (Å²) >= 11 is 1.72. The SMILES string of the molecule is Cc1ccccc1OCC(=O)NCC(c1ccsc1)N1CCCCCC1. The van der Waals surface area contributed by atoms with Crippen LogP contribution in [0.15, 0.2) is 41.1 Å². The molecular weight excluding hydrogens is 344 g/mol. The van der Waals surface area contributed by atoms with Gasteiger partial charge in [0.2, 0.25) is 0 Å². The van der Waals surface area contributed by atoms with Gasteiger partial charge in [-0.05, 0) is 66.9 Å². The third-order valence-corrected chi connectivity index (χ3v) is 5.66. The summed E-state index contributed by atoms with van der Waals surface area (Å²) in [6.07, 6.45) is 5.10. The predicted molar refractivity (Wildman–Crippen MR) is 107 cm³/mol. The lowest BCUT2D eigenvalue weighted by Crippen LogP contribution is -2.40. The second-order valence-electron chi connectivity index (χ2n) is 6.88. The molecule has 1 fully saturated rings. The molecule has 0 spiro atoms. The van der Waals surface area contributed by atoms with Gasteiger partial charge < -0.3 is 10.1 Å². The highest BCUT2D eigenvalue weighted by atomic mass is 32.1. The minimum absolute atomic E-state index is 0.0568. The van der Waals surface area contributed by atoms with Crippen molar-refractivity contribution in [2.45, 2.75) is 38.6 Å². The van der Waals surface area contributed by atoms with Crippen molar-refractivity contribution in [2.75, 3.05) is 26.2 Å². The summed E-state index contributed by atoms with van der Waals surface area (Å²) in [5, 5.41) is 7.39. The molecule has 140 valence electrons. The number of ether oxygens (including phenoxy) is 1. The Bertz CT molecular complexity index is 679. The lowest BCUT2D eigenvalue weighted by Gasteiger charge is -2.30. The van der Waals surface area contributed by atoms with Crippen molar-refractivity contribution in [3.8, 4) is 5.75 Å². The van der Waals surface area contributed by atoms with Gasteiger partial charge in [0.15, 0.2) is 6.61 Å². The zero-order valence-electron chi connectivity index (χ0n) is 15.4. The van der Waals surface area contributed by atoms with Gasteiger partial charge in [-0.15, -0.1) is 0 Å². The number of hydrogen-bond acceptors (Lipinski definition) is 4. The number of carbonyl (C=O) groups is 1. The summed E-state index contributed by atoms with van der Waals surface area (Å²) in [6, 6.07) is 10.2. The predicted octanol–water partition coefficient (Wildman–Crippen LogP) is 4.17. The number of para-hydroxylation sites is 1. The molecule has 1 atom stereocenters. The molecule has 1 aromatic heterocycles. The van der Waals surface area contributed by atoms with E-state index in [2.05, 4.69) is 27.0 Å². The van der Waals surface area contributed by atoms with Gasteiger partial charge in [0, 0.05) is 6.54 Å². The quantitative estimate of drug-likeness (QED) is 0.793. The number of amides is 1. The molecular formula is C21H28N2O2S. The van der Waals surface area contributed by atoms with E-state index in [1.807, 2.05) is 31.2 Å². The molecule has 1 aliphatic rings. The van der Waals surface area contributed by atoms with Crippen LogP contribution in [0.1, 0.15) is 42.9 Å². The maximum absolute atomic E-state index is 12.3. The van der Waals surface area contributed by atoms with Crippen LogP contribution in [-0.2, 0) is 4.79 Å². The van der Waals surface area contributed by atoms with E-state index in [1.165, 1.54) is 31.2 Å². The summed E-state index contributed by atoms with van der Waals surface area (Å²) in [5.74, 6) is 0.702. The van der Waals surface area contributed by atoms with E-state index in [9.17, 15) is 4.79 Å². The summed E-state index contributed by atoms with van der Waals surface area (Å²) < 4.78 is 5.66. The van der Waals surface area contributed by atoms with Crippen molar-refractivity contribution in [1.82, 2.24) is 10.2 Å². The largest absolute Gasteiger partial charge is 0.484 e.